The van der Waals surface area contributed by atoms with Crippen molar-refractivity contribution >= 4 is 29.1 Å². The topological polar surface area (TPSA) is 38.3 Å². The molecule has 0 radical (unpaired) electrons. The van der Waals surface area contributed by atoms with Crippen LogP contribution in [0.3, 0.4) is 0 Å². The van der Waals surface area contributed by atoms with E-state index in [0.29, 0.717) is 0 Å². The minimum atomic E-state index is -0.987. The van der Waals surface area contributed by atoms with E-state index in [9.17, 15) is 4.79 Å². The highest BCUT2D eigenvalue weighted by Crippen LogP contribution is 2.27. The molecule has 0 aliphatic carbocycles. The van der Waals surface area contributed by atoms with Crippen LogP contribution in [0, 0.1) is 0 Å². The van der Waals surface area contributed by atoms with Crippen molar-refractivity contribution in [2.75, 3.05) is 0 Å². The lowest BCUT2D eigenvalue weighted by atomic mass is 9.92. The molecule has 0 aromatic carbocycles. The molecule has 1 aliphatic heterocycles. The Morgan fingerprint density at radius 1 is 0.958 bits per heavy atom. The normalized spacial score (nSPS) is 24.3. The predicted octanol–water partition coefficient (Wildman–Crippen LogP) is 5.76. The Bertz CT molecular complexity index is 319. The number of amides is 1. The van der Waals surface area contributed by atoms with Gasteiger partial charge in [-0.15, -0.1) is 0 Å². The number of halogens is 2. The average molecular weight is 380 g/mol. The molecule has 1 saturated heterocycles. The summed E-state index contributed by atoms with van der Waals surface area (Å²) in [5, 5.41) is 3.00. The number of alkyl halides is 2. The van der Waals surface area contributed by atoms with E-state index >= 15 is 0 Å². The van der Waals surface area contributed by atoms with E-state index in [0.717, 1.165) is 25.7 Å². The first-order valence-corrected chi connectivity index (χ1v) is 10.7. The fourth-order valence-corrected chi connectivity index (χ4v) is 3.59. The summed E-state index contributed by atoms with van der Waals surface area (Å²) in [5.74, 6) is -0.278. The van der Waals surface area contributed by atoms with Gasteiger partial charge in [-0.1, -0.05) is 88.4 Å². The number of rotatable bonds is 12. The van der Waals surface area contributed by atoms with Crippen molar-refractivity contribution in [3.05, 3.63) is 0 Å². The van der Waals surface area contributed by atoms with Crippen molar-refractivity contribution in [3.63, 3.8) is 0 Å². The molecule has 0 aromatic rings. The summed E-state index contributed by atoms with van der Waals surface area (Å²) in [6.45, 7) is 4.45. The molecule has 1 rings (SSSR count). The van der Waals surface area contributed by atoms with E-state index < -0.39 is 4.84 Å². The first kappa shape index (κ1) is 22.1. The van der Waals surface area contributed by atoms with Gasteiger partial charge in [-0.3, -0.25) is 4.79 Å². The Labute approximate surface area is 158 Å². The van der Waals surface area contributed by atoms with E-state index in [2.05, 4.69) is 19.2 Å². The second kappa shape index (κ2) is 13.2. The number of carbonyl (C=O) groups excluding carboxylic acids is 1. The summed E-state index contributed by atoms with van der Waals surface area (Å²) in [4.78, 5) is 10.8. The van der Waals surface area contributed by atoms with Crippen LogP contribution in [0.25, 0.3) is 0 Å². The van der Waals surface area contributed by atoms with E-state index in [-0.39, 0.29) is 24.2 Å². The summed E-state index contributed by atoms with van der Waals surface area (Å²) < 4.78 is 6.30. The molecule has 3 atom stereocenters. The standard InChI is InChI=1S/C19H35Cl2NO2/c1-3-5-7-9-11-16-13-15(22-19(23)18(20)21)14-17(24-16)12-10-8-6-4-2/h15-18H,3-14H2,1-2H3,(H,22,23)/t15?,16-,17+. The Morgan fingerprint density at radius 2 is 1.46 bits per heavy atom. The van der Waals surface area contributed by atoms with Crippen LogP contribution in [-0.2, 0) is 9.53 Å². The fraction of sp³-hybridized carbons (Fsp3) is 0.947. The van der Waals surface area contributed by atoms with Gasteiger partial charge in [0.05, 0.1) is 12.2 Å². The van der Waals surface area contributed by atoms with Gasteiger partial charge in [0.1, 0.15) is 0 Å². The predicted molar refractivity (Wildman–Crippen MR) is 103 cm³/mol. The third-order valence-electron chi connectivity index (χ3n) is 4.78. The molecule has 24 heavy (non-hydrogen) atoms. The van der Waals surface area contributed by atoms with Crippen LogP contribution >= 0.6 is 23.2 Å². The Hall–Kier alpha value is 0.01000. The highest BCUT2D eigenvalue weighted by Gasteiger charge is 2.30. The molecular formula is C19H35Cl2NO2. The van der Waals surface area contributed by atoms with Gasteiger partial charge in [-0.2, -0.15) is 0 Å². The monoisotopic (exact) mass is 379 g/mol. The zero-order valence-corrected chi connectivity index (χ0v) is 16.9. The zero-order chi connectivity index (χ0) is 17.8. The van der Waals surface area contributed by atoms with Crippen molar-refractivity contribution < 1.29 is 9.53 Å². The SMILES string of the molecule is CCCCCC[C@@H]1CC(NC(=O)C(Cl)Cl)C[C@H](CCCCCC)O1. The van der Waals surface area contributed by atoms with Crippen LogP contribution in [0.4, 0.5) is 0 Å². The molecule has 0 bridgehead atoms. The lowest BCUT2D eigenvalue weighted by Gasteiger charge is -2.36. The lowest BCUT2D eigenvalue weighted by molar-refractivity contribution is -0.122. The molecule has 1 unspecified atom stereocenters. The largest absolute Gasteiger partial charge is 0.375 e. The van der Waals surface area contributed by atoms with E-state index in [1.54, 1.807) is 0 Å². The number of hydrogen-bond donors (Lipinski definition) is 1. The van der Waals surface area contributed by atoms with Crippen LogP contribution < -0.4 is 5.32 Å². The second-order valence-corrected chi connectivity index (χ2v) is 8.15. The summed E-state index contributed by atoms with van der Waals surface area (Å²) in [6, 6.07) is 0.138. The van der Waals surface area contributed by atoms with E-state index in [4.69, 9.17) is 27.9 Å². The van der Waals surface area contributed by atoms with Crippen LogP contribution in [0.5, 0.6) is 0 Å². The molecule has 1 fully saturated rings. The molecule has 3 nitrogen and oxygen atoms in total. The third kappa shape index (κ3) is 9.48. The molecule has 142 valence electrons. The van der Waals surface area contributed by atoms with Gasteiger partial charge >= 0.3 is 0 Å². The summed E-state index contributed by atoms with van der Waals surface area (Å²) >= 11 is 11.4. The minimum absolute atomic E-state index is 0.138. The smallest absolute Gasteiger partial charge is 0.253 e. The van der Waals surface area contributed by atoms with Crippen LogP contribution in [0.1, 0.15) is 90.9 Å². The van der Waals surface area contributed by atoms with Crippen LogP contribution in [0.2, 0.25) is 0 Å². The average Bonchev–Trinajstić information content (AvgIpc) is 2.55. The fourth-order valence-electron chi connectivity index (χ4n) is 3.47. The third-order valence-corrected chi connectivity index (χ3v) is 5.18. The molecule has 0 saturated carbocycles. The first-order chi connectivity index (χ1) is 11.6. The van der Waals surface area contributed by atoms with Gasteiger partial charge < -0.3 is 10.1 Å². The second-order valence-electron chi connectivity index (χ2n) is 7.06. The van der Waals surface area contributed by atoms with E-state index in [1.807, 2.05) is 0 Å². The van der Waals surface area contributed by atoms with Gasteiger partial charge in [0.25, 0.3) is 5.91 Å². The Morgan fingerprint density at radius 3 is 1.88 bits per heavy atom. The molecule has 0 spiro atoms. The lowest BCUT2D eigenvalue weighted by Crippen LogP contribution is -2.46. The maximum absolute atomic E-state index is 11.8. The number of nitrogens with one attached hydrogen (secondary N) is 1. The Balaban J connectivity index is 2.46. The molecule has 1 aliphatic rings. The quantitative estimate of drug-likeness (QED) is 0.345. The number of unbranched alkanes of at least 4 members (excludes halogenated alkanes) is 6. The Kier molecular flexibility index (Phi) is 12.2. The minimum Gasteiger partial charge on any atom is -0.375 e. The van der Waals surface area contributed by atoms with Crippen LogP contribution in [-0.4, -0.2) is 29.0 Å². The van der Waals surface area contributed by atoms with Crippen molar-refractivity contribution in [2.45, 2.75) is 114 Å². The molecule has 0 aromatic heterocycles. The maximum Gasteiger partial charge on any atom is 0.253 e. The highest BCUT2D eigenvalue weighted by atomic mass is 35.5. The summed E-state index contributed by atoms with van der Waals surface area (Å²) in [5.41, 5.74) is 0. The van der Waals surface area contributed by atoms with Gasteiger partial charge in [-0.25, -0.2) is 0 Å². The highest BCUT2D eigenvalue weighted by molar-refractivity contribution is 6.53. The summed E-state index contributed by atoms with van der Waals surface area (Å²) in [7, 11) is 0. The van der Waals surface area contributed by atoms with Crippen molar-refractivity contribution in [1.82, 2.24) is 5.32 Å². The number of ether oxygens (including phenoxy) is 1. The molecule has 5 heteroatoms. The van der Waals surface area contributed by atoms with Gasteiger partial charge in [0.15, 0.2) is 4.84 Å². The van der Waals surface area contributed by atoms with Gasteiger partial charge in [0.2, 0.25) is 0 Å². The summed E-state index contributed by atoms with van der Waals surface area (Å²) in [6.07, 6.45) is 14.4. The van der Waals surface area contributed by atoms with Crippen molar-refractivity contribution in [3.8, 4) is 0 Å². The van der Waals surface area contributed by atoms with Gasteiger partial charge in [0, 0.05) is 6.04 Å². The van der Waals surface area contributed by atoms with Gasteiger partial charge in [-0.05, 0) is 25.7 Å². The van der Waals surface area contributed by atoms with Crippen molar-refractivity contribution in [1.29, 1.82) is 0 Å². The molecular weight excluding hydrogens is 345 g/mol. The first-order valence-electron chi connectivity index (χ1n) is 9.80. The van der Waals surface area contributed by atoms with Crippen LogP contribution in [0.15, 0.2) is 0 Å². The molecule has 1 amide bonds. The maximum atomic E-state index is 11.8. The molecule has 1 N–H and O–H groups in total. The number of hydrogen-bond acceptors (Lipinski definition) is 2. The van der Waals surface area contributed by atoms with E-state index in [1.165, 1.54) is 51.4 Å². The zero-order valence-electron chi connectivity index (χ0n) is 15.4. The van der Waals surface area contributed by atoms with Crippen molar-refractivity contribution in [2.24, 2.45) is 0 Å². The molecule has 1 heterocycles. The number of carbonyl (C=O) groups is 1.